The second kappa shape index (κ2) is 6.71. The molecule has 1 aliphatic rings. The predicted octanol–water partition coefficient (Wildman–Crippen LogP) is 2.38. The van der Waals surface area contributed by atoms with E-state index in [0.717, 1.165) is 32.4 Å². The minimum Gasteiger partial charge on any atom is -0.342 e. The molecule has 104 valence electrons. The molecular weight excluding hydrogens is 236 g/mol. The van der Waals surface area contributed by atoms with Crippen LogP contribution in [0, 0.1) is 5.92 Å². The minimum absolute atomic E-state index is 0.0134. The zero-order valence-electron chi connectivity index (χ0n) is 11.7. The number of carbonyl (C=O) groups is 1. The van der Waals surface area contributed by atoms with Crippen molar-refractivity contribution in [3.05, 3.63) is 35.9 Å². The van der Waals surface area contributed by atoms with Crippen LogP contribution in [0.4, 0.5) is 0 Å². The largest absolute Gasteiger partial charge is 0.342 e. The maximum absolute atomic E-state index is 12.4. The Morgan fingerprint density at radius 1 is 1.42 bits per heavy atom. The van der Waals surface area contributed by atoms with Crippen LogP contribution in [0.1, 0.15) is 37.7 Å². The molecule has 1 fully saturated rings. The number of amides is 1. The van der Waals surface area contributed by atoms with E-state index in [1.165, 1.54) is 5.56 Å². The van der Waals surface area contributed by atoms with Gasteiger partial charge in [-0.25, -0.2) is 0 Å². The summed E-state index contributed by atoms with van der Waals surface area (Å²) in [6.07, 6.45) is 2.99. The highest BCUT2D eigenvalue weighted by atomic mass is 16.2. The number of hydrogen-bond donors (Lipinski definition) is 1. The van der Waals surface area contributed by atoms with Crippen molar-refractivity contribution >= 4 is 5.91 Å². The average molecular weight is 260 g/mol. The topological polar surface area (TPSA) is 46.3 Å². The van der Waals surface area contributed by atoms with Crippen LogP contribution in [0.15, 0.2) is 30.3 Å². The lowest BCUT2D eigenvalue weighted by molar-refractivity contribution is -0.134. The molecule has 1 aromatic carbocycles. The second-order valence-corrected chi connectivity index (χ2v) is 5.40. The Kier molecular flexibility index (Phi) is 4.97. The summed E-state index contributed by atoms with van der Waals surface area (Å²) in [7, 11) is 0. The van der Waals surface area contributed by atoms with E-state index in [0.29, 0.717) is 12.5 Å². The Labute approximate surface area is 115 Å². The zero-order chi connectivity index (χ0) is 13.7. The molecule has 1 amide bonds. The van der Waals surface area contributed by atoms with Crippen molar-refractivity contribution in [3.63, 3.8) is 0 Å². The van der Waals surface area contributed by atoms with Crippen molar-refractivity contribution in [2.75, 3.05) is 19.6 Å². The summed E-state index contributed by atoms with van der Waals surface area (Å²) in [6, 6.07) is 10.5. The SMILES string of the molecule is CCCC(CN)C(=O)N1CCC(c2ccccc2)C1. The normalized spacial score (nSPS) is 20.5. The van der Waals surface area contributed by atoms with Gasteiger partial charge in [-0.3, -0.25) is 4.79 Å². The Morgan fingerprint density at radius 2 is 2.16 bits per heavy atom. The first-order valence-corrected chi connectivity index (χ1v) is 7.30. The molecule has 0 radical (unpaired) electrons. The fraction of sp³-hybridized carbons (Fsp3) is 0.562. The van der Waals surface area contributed by atoms with Gasteiger partial charge in [0, 0.05) is 25.6 Å². The number of hydrogen-bond acceptors (Lipinski definition) is 2. The molecule has 3 heteroatoms. The molecule has 1 aromatic rings. The summed E-state index contributed by atoms with van der Waals surface area (Å²) in [4.78, 5) is 14.4. The highest BCUT2D eigenvalue weighted by molar-refractivity contribution is 5.79. The Hall–Kier alpha value is -1.35. The third-order valence-corrected chi connectivity index (χ3v) is 4.04. The van der Waals surface area contributed by atoms with Crippen molar-refractivity contribution in [2.45, 2.75) is 32.1 Å². The van der Waals surface area contributed by atoms with E-state index in [1.807, 2.05) is 11.0 Å². The van der Waals surface area contributed by atoms with Gasteiger partial charge in [0.25, 0.3) is 0 Å². The quantitative estimate of drug-likeness (QED) is 0.883. The fourth-order valence-electron chi connectivity index (χ4n) is 2.91. The van der Waals surface area contributed by atoms with E-state index in [-0.39, 0.29) is 11.8 Å². The van der Waals surface area contributed by atoms with Gasteiger partial charge in [-0.05, 0) is 18.4 Å². The van der Waals surface area contributed by atoms with Gasteiger partial charge in [0.15, 0.2) is 0 Å². The molecule has 0 aromatic heterocycles. The van der Waals surface area contributed by atoms with Crippen LogP contribution in [0.5, 0.6) is 0 Å². The zero-order valence-corrected chi connectivity index (χ0v) is 11.7. The first-order valence-electron chi connectivity index (χ1n) is 7.30. The summed E-state index contributed by atoms with van der Waals surface area (Å²) < 4.78 is 0. The van der Waals surface area contributed by atoms with E-state index in [9.17, 15) is 4.79 Å². The van der Waals surface area contributed by atoms with E-state index in [4.69, 9.17) is 5.73 Å². The summed E-state index contributed by atoms with van der Waals surface area (Å²) in [6.45, 7) is 4.30. The summed E-state index contributed by atoms with van der Waals surface area (Å²) in [5, 5.41) is 0. The molecule has 2 rings (SSSR count). The van der Waals surface area contributed by atoms with E-state index >= 15 is 0 Å². The molecule has 0 saturated carbocycles. The summed E-state index contributed by atoms with van der Waals surface area (Å²) in [5.41, 5.74) is 7.07. The van der Waals surface area contributed by atoms with Crippen LogP contribution < -0.4 is 5.73 Å². The highest BCUT2D eigenvalue weighted by Crippen LogP contribution is 2.28. The third-order valence-electron chi connectivity index (χ3n) is 4.04. The van der Waals surface area contributed by atoms with Gasteiger partial charge in [0.2, 0.25) is 5.91 Å². The molecule has 1 aliphatic heterocycles. The number of nitrogens with two attached hydrogens (primary N) is 1. The monoisotopic (exact) mass is 260 g/mol. The summed E-state index contributed by atoms with van der Waals surface area (Å²) in [5.74, 6) is 0.757. The lowest BCUT2D eigenvalue weighted by Gasteiger charge is -2.22. The molecule has 0 bridgehead atoms. The van der Waals surface area contributed by atoms with E-state index in [1.54, 1.807) is 0 Å². The number of benzene rings is 1. The van der Waals surface area contributed by atoms with E-state index in [2.05, 4.69) is 31.2 Å². The molecule has 1 saturated heterocycles. The van der Waals surface area contributed by atoms with Crippen LogP contribution in [-0.4, -0.2) is 30.4 Å². The predicted molar refractivity (Wildman–Crippen MR) is 77.8 cm³/mol. The maximum atomic E-state index is 12.4. The maximum Gasteiger partial charge on any atom is 0.226 e. The van der Waals surface area contributed by atoms with Gasteiger partial charge >= 0.3 is 0 Å². The Bertz CT molecular complexity index is 404. The number of rotatable bonds is 5. The molecular formula is C16H24N2O. The van der Waals surface area contributed by atoms with Crippen LogP contribution in [0.3, 0.4) is 0 Å². The molecule has 2 N–H and O–H groups in total. The van der Waals surface area contributed by atoms with Crippen molar-refractivity contribution in [1.29, 1.82) is 0 Å². The van der Waals surface area contributed by atoms with Gasteiger partial charge in [0.1, 0.15) is 0 Å². The smallest absolute Gasteiger partial charge is 0.226 e. The van der Waals surface area contributed by atoms with Gasteiger partial charge in [-0.2, -0.15) is 0 Å². The molecule has 2 atom stereocenters. The third kappa shape index (κ3) is 3.35. The van der Waals surface area contributed by atoms with Crippen LogP contribution in [-0.2, 0) is 4.79 Å². The van der Waals surface area contributed by atoms with Gasteiger partial charge in [-0.1, -0.05) is 43.7 Å². The van der Waals surface area contributed by atoms with Gasteiger partial charge in [-0.15, -0.1) is 0 Å². The number of nitrogens with zero attached hydrogens (tertiary/aromatic N) is 1. The van der Waals surface area contributed by atoms with E-state index < -0.39 is 0 Å². The lowest BCUT2D eigenvalue weighted by Crippen LogP contribution is -2.37. The molecule has 1 heterocycles. The van der Waals surface area contributed by atoms with Crippen molar-refractivity contribution < 1.29 is 4.79 Å². The van der Waals surface area contributed by atoms with Crippen LogP contribution in [0.2, 0.25) is 0 Å². The molecule has 19 heavy (non-hydrogen) atoms. The molecule has 2 unspecified atom stereocenters. The fourth-order valence-corrected chi connectivity index (χ4v) is 2.91. The second-order valence-electron chi connectivity index (χ2n) is 5.40. The first-order chi connectivity index (χ1) is 9.26. The van der Waals surface area contributed by atoms with Gasteiger partial charge in [0.05, 0.1) is 5.92 Å². The standard InChI is InChI=1S/C16H24N2O/c1-2-6-14(11-17)16(19)18-10-9-15(12-18)13-7-4-3-5-8-13/h3-5,7-8,14-15H,2,6,9-12,17H2,1H3. The van der Waals surface area contributed by atoms with Crippen molar-refractivity contribution in [3.8, 4) is 0 Å². The summed E-state index contributed by atoms with van der Waals surface area (Å²) >= 11 is 0. The van der Waals surface area contributed by atoms with Crippen LogP contribution >= 0.6 is 0 Å². The van der Waals surface area contributed by atoms with Crippen molar-refractivity contribution in [1.82, 2.24) is 4.90 Å². The van der Waals surface area contributed by atoms with Crippen molar-refractivity contribution in [2.24, 2.45) is 11.7 Å². The van der Waals surface area contributed by atoms with Crippen LogP contribution in [0.25, 0.3) is 0 Å². The average Bonchev–Trinajstić information content (AvgIpc) is 2.95. The molecule has 0 spiro atoms. The molecule has 3 nitrogen and oxygen atoms in total. The first kappa shape index (κ1) is 14.1. The highest BCUT2D eigenvalue weighted by Gasteiger charge is 2.30. The van der Waals surface area contributed by atoms with Gasteiger partial charge < -0.3 is 10.6 Å². The number of likely N-dealkylation sites (tertiary alicyclic amines) is 1. The Balaban J connectivity index is 1.96. The minimum atomic E-state index is 0.0134. The lowest BCUT2D eigenvalue weighted by atomic mass is 9.98. The number of carbonyl (C=O) groups excluding carboxylic acids is 1. The molecule has 0 aliphatic carbocycles. The Morgan fingerprint density at radius 3 is 2.79 bits per heavy atom.